The van der Waals surface area contributed by atoms with Crippen LogP contribution in [0, 0.1) is 17.5 Å². The van der Waals surface area contributed by atoms with Gasteiger partial charge in [0.2, 0.25) is 0 Å². The third-order valence-electron chi connectivity index (χ3n) is 5.54. The van der Waals surface area contributed by atoms with Crippen molar-refractivity contribution in [2.75, 3.05) is 13.7 Å². The van der Waals surface area contributed by atoms with Crippen LogP contribution in [0.25, 0.3) is 22.2 Å². The molecule has 0 unspecified atom stereocenters. The summed E-state index contributed by atoms with van der Waals surface area (Å²) >= 11 is 0. The van der Waals surface area contributed by atoms with Gasteiger partial charge in [-0.05, 0) is 41.8 Å². The van der Waals surface area contributed by atoms with Gasteiger partial charge in [0.15, 0.2) is 11.6 Å². The van der Waals surface area contributed by atoms with Crippen molar-refractivity contribution in [3.05, 3.63) is 81.3 Å². The molecular formula is C22H15F3N4O4. The van der Waals surface area contributed by atoms with Gasteiger partial charge in [-0.15, -0.1) is 0 Å². The highest BCUT2D eigenvalue weighted by Gasteiger charge is 2.33. The van der Waals surface area contributed by atoms with Crippen molar-refractivity contribution in [2.45, 2.75) is 12.6 Å². The van der Waals surface area contributed by atoms with E-state index in [4.69, 9.17) is 9.26 Å². The van der Waals surface area contributed by atoms with Crippen molar-refractivity contribution in [3.8, 4) is 11.5 Å². The molecule has 2 aromatic heterocycles. The average molecular weight is 456 g/mol. The van der Waals surface area contributed by atoms with Gasteiger partial charge in [0.25, 0.3) is 23.2 Å². The van der Waals surface area contributed by atoms with Crippen LogP contribution in [0.15, 0.2) is 45.7 Å². The predicted molar refractivity (Wildman–Crippen MR) is 109 cm³/mol. The fraction of sp³-hybridized carbons (Fsp3) is 0.182. The van der Waals surface area contributed by atoms with Crippen molar-refractivity contribution in [3.63, 3.8) is 0 Å². The first-order chi connectivity index (χ1) is 15.8. The third-order valence-corrected chi connectivity index (χ3v) is 5.54. The fourth-order valence-electron chi connectivity index (χ4n) is 3.87. The maximum atomic E-state index is 14.0. The van der Waals surface area contributed by atoms with Gasteiger partial charge in [0, 0.05) is 23.9 Å². The molecule has 0 saturated heterocycles. The Hall–Kier alpha value is -3.99. The number of carbonyl (C=O) groups is 1. The number of carbonyl (C=O) groups excluding carboxylic acids is 1. The normalized spacial score (nSPS) is 15.5. The van der Waals surface area contributed by atoms with Crippen molar-refractivity contribution >= 4 is 16.7 Å². The molecule has 0 fully saturated rings. The molecule has 1 aliphatic rings. The number of benzene rings is 2. The molecule has 8 nitrogen and oxygen atoms in total. The van der Waals surface area contributed by atoms with E-state index in [9.17, 15) is 22.8 Å². The summed E-state index contributed by atoms with van der Waals surface area (Å²) in [7, 11) is 1.47. The highest BCUT2D eigenvalue weighted by atomic mass is 19.2. The number of aromatic nitrogens is 3. The van der Waals surface area contributed by atoms with Gasteiger partial charge in [0.05, 0.1) is 24.6 Å². The Labute approximate surface area is 183 Å². The third kappa shape index (κ3) is 3.55. The molecule has 5 rings (SSSR count). The van der Waals surface area contributed by atoms with Gasteiger partial charge >= 0.3 is 0 Å². The van der Waals surface area contributed by atoms with Crippen molar-refractivity contribution in [1.82, 2.24) is 20.0 Å². The Morgan fingerprint density at radius 3 is 2.55 bits per heavy atom. The SMILES string of the molecule is CN(C(=O)c1noc(-c2ccc(F)cc2)n1)[C@@H]1COCc2[nH]c(=O)c3cc(F)c(F)cc3c21. The van der Waals surface area contributed by atoms with Crippen molar-refractivity contribution < 1.29 is 27.2 Å². The van der Waals surface area contributed by atoms with Crippen LogP contribution < -0.4 is 5.56 Å². The summed E-state index contributed by atoms with van der Waals surface area (Å²) < 4.78 is 51.6. The van der Waals surface area contributed by atoms with Crippen LogP contribution in [0.1, 0.15) is 27.9 Å². The van der Waals surface area contributed by atoms with E-state index < -0.39 is 35.0 Å². The number of H-pyrrole nitrogens is 1. The van der Waals surface area contributed by atoms with Gasteiger partial charge in [0.1, 0.15) is 5.82 Å². The Morgan fingerprint density at radius 2 is 1.82 bits per heavy atom. The molecule has 1 amide bonds. The molecule has 3 heterocycles. The minimum absolute atomic E-state index is 0.0272. The van der Waals surface area contributed by atoms with E-state index in [2.05, 4.69) is 15.1 Å². The standard InChI is InChI=1S/C22H15F3N4O4/c1-29(22(31)19-27-21(33-28-19)10-2-4-11(23)5-3-10)17-9-32-8-16-18(17)12-6-14(24)15(25)7-13(12)20(30)26-16/h2-7,17H,8-9H2,1H3,(H,26,30)/t17-/m1/s1. The van der Waals surface area contributed by atoms with Crippen LogP contribution >= 0.6 is 0 Å². The summed E-state index contributed by atoms with van der Waals surface area (Å²) in [5.74, 6) is -3.56. The number of fused-ring (bicyclic) bond motifs is 3. The van der Waals surface area contributed by atoms with E-state index in [0.717, 1.165) is 12.1 Å². The molecule has 0 aliphatic carbocycles. The van der Waals surface area contributed by atoms with Crippen molar-refractivity contribution in [1.29, 1.82) is 0 Å². The van der Waals surface area contributed by atoms with E-state index in [0.29, 0.717) is 16.8 Å². The summed E-state index contributed by atoms with van der Waals surface area (Å²) in [4.78, 5) is 33.4. The number of likely N-dealkylation sites (N-methyl/N-ethyl adjacent to an activating group) is 1. The second-order valence-electron chi connectivity index (χ2n) is 7.54. The summed E-state index contributed by atoms with van der Waals surface area (Å²) in [6.07, 6.45) is 0. The van der Waals surface area contributed by atoms with E-state index in [1.807, 2.05) is 0 Å². The average Bonchev–Trinajstić information content (AvgIpc) is 3.30. The van der Waals surface area contributed by atoms with Gasteiger partial charge in [-0.25, -0.2) is 13.2 Å². The lowest BCUT2D eigenvalue weighted by Crippen LogP contribution is -2.38. The first-order valence-electron chi connectivity index (χ1n) is 9.82. The number of halogens is 3. The lowest BCUT2D eigenvalue weighted by Gasteiger charge is -2.33. The van der Waals surface area contributed by atoms with Crippen LogP contribution in [0.5, 0.6) is 0 Å². The zero-order chi connectivity index (χ0) is 23.3. The number of hydrogen-bond acceptors (Lipinski definition) is 6. The molecule has 0 bridgehead atoms. The number of nitrogens with zero attached hydrogens (tertiary/aromatic N) is 3. The van der Waals surface area contributed by atoms with Gasteiger partial charge in [-0.2, -0.15) is 4.98 Å². The Morgan fingerprint density at radius 1 is 1.12 bits per heavy atom. The summed E-state index contributed by atoms with van der Waals surface area (Å²) in [5.41, 5.74) is 0.628. The van der Waals surface area contributed by atoms with E-state index in [-0.39, 0.29) is 35.7 Å². The summed E-state index contributed by atoms with van der Waals surface area (Å²) in [5, 5.41) is 3.85. The van der Waals surface area contributed by atoms with Crippen LogP contribution in [0.3, 0.4) is 0 Å². The molecule has 1 N–H and O–H groups in total. The molecule has 1 atom stereocenters. The number of nitrogens with one attached hydrogen (secondary N) is 1. The van der Waals surface area contributed by atoms with Crippen molar-refractivity contribution in [2.24, 2.45) is 0 Å². The molecule has 1 aliphatic heterocycles. The molecule has 168 valence electrons. The smallest absolute Gasteiger partial charge is 0.295 e. The highest BCUT2D eigenvalue weighted by molar-refractivity contribution is 5.92. The van der Waals surface area contributed by atoms with Crippen LogP contribution in [0.4, 0.5) is 13.2 Å². The molecule has 0 saturated carbocycles. The molecule has 11 heteroatoms. The predicted octanol–water partition coefficient (Wildman–Crippen LogP) is 3.34. The quantitative estimate of drug-likeness (QED) is 0.508. The Bertz CT molecular complexity index is 1450. The number of amides is 1. The van der Waals surface area contributed by atoms with Crippen LogP contribution in [-0.2, 0) is 11.3 Å². The molecular weight excluding hydrogens is 441 g/mol. The zero-order valence-electron chi connectivity index (χ0n) is 17.1. The van der Waals surface area contributed by atoms with Crippen LogP contribution in [0.2, 0.25) is 0 Å². The lowest BCUT2D eigenvalue weighted by atomic mass is 9.95. The Balaban J connectivity index is 1.53. The van der Waals surface area contributed by atoms with E-state index >= 15 is 0 Å². The molecule has 0 spiro atoms. The number of aromatic amines is 1. The van der Waals surface area contributed by atoms with Gasteiger partial charge in [-0.3, -0.25) is 9.59 Å². The first-order valence-corrected chi connectivity index (χ1v) is 9.82. The van der Waals surface area contributed by atoms with Gasteiger partial charge in [-0.1, -0.05) is 5.16 Å². The largest absolute Gasteiger partial charge is 0.373 e. The number of pyridine rings is 1. The number of ether oxygens (including phenoxy) is 1. The summed E-state index contributed by atoms with van der Waals surface area (Å²) in [6.45, 7) is 0.0764. The fourth-order valence-corrected chi connectivity index (χ4v) is 3.87. The summed E-state index contributed by atoms with van der Waals surface area (Å²) in [6, 6.07) is 6.32. The van der Waals surface area contributed by atoms with Crippen LogP contribution in [-0.4, -0.2) is 39.6 Å². The maximum absolute atomic E-state index is 14.0. The highest BCUT2D eigenvalue weighted by Crippen LogP contribution is 2.34. The molecule has 33 heavy (non-hydrogen) atoms. The van der Waals surface area contributed by atoms with Gasteiger partial charge < -0.3 is 19.1 Å². The van der Waals surface area contributed by atoms with E-state index in [1.54, 1.807) is 0 Å². The second kappa shape index (κ2) is 7.85. The number of rotatable bonds is 3. The minimum Gasteiger partial charge on any atom is -0.373 e. The monoisotopic (exact) mass is 456 g/mol. The second-order valence-corrected chi connectivity index (χ2v) is 7.54. The Kier molecular flexibility index (Phi) is 4.97. The topological polar surface area (TPSA) is 101 Å². The first kappa shape index (κ1) is 20.9. The lowest BCUT2D eigenvalue weighted by molar-refractivity contribution is 0.0327. The zero-order valence-corrected chi connectivity index (χ0v) is 17.1. The minimum atomic E-state index is -1.15. The molecule has 0 radical (unpaired) electrons. The van der Waals surface area contributed by atoms with E-state index in [1.165, 1.54) is 36.2 Å². The maximum Gasteiger partial charge on any atom is 0.295 e. The number of hydrogen-bond donors (Lipinski definition) is 1. The molecule has 2 aromatic carbocycles. The molecule has 4 aromatic rings.